The van der Waals surface area contributed by atoms with E-state index in [1.165, 1.54) is 19.2 Å². The van der Waals surface area contributed by atoms with Crippen LogP contribution in [0.5, 0.6) is 28.7 Å². The molecule has 2 aromatic rings. The molecule has 6 heteroatoms. The number of phenols is 3. The van der Waals surface area contributed by atoms with Crippen molar-refractivity contribution in [3.63, 3.8) is 0 Å². The largest absolute Gasteiger partial charge is 0.504 e. The summed E-state index contributed by atoms with van der Waals surface area (Å²) < 4.78 is 10.0. The van der Waals surface area contributed by atoms with Crippen LogP contribution in [0.1, 0.15) is 10.4 Å². The molecule has 0 saturated heterocycles. The normalized spacial score (nSPS) is 10.1. The van der Waals surface area contributed by atoms with Crippen molar-refractivity contribution in [2.45, 2.75) is 0 Å². The first-order valence-corrected chi connectivity index (χ1v) is 5.62. The van der Waals surface area contributed by atoms with Gasteiger partial charge < -0.3 is 24.8 Å². The standard InChI is InChI=1S/C14H12O6/c1-19-9-2-4-10(5-3-9)20-14(18)8-6-11(15)13(17)12(16)7-8/h2-7,15-17H,1H3. The summed E-state index contributed by atoms with van der Waals surface area (Å²) in [6.07, 6.45) is 0. The van der Waals surface area contributed by atoms with Crippen LogP contribution in [0.3, 0.4) is 0 Å². The minimum Gasteiger partial charge on any atom is -0.504 e. The van der Waals surface area contributed by atoms with E-state index >= 15 is 0 Å². The Morgan fingerprint density at radius 3 is 1.95 bits per heavy atom. The molecular formula is C14H12O6. The lowest BCUT2D eigenvalue weighted by Gasteiger charge is -2.07. The molecule has 0 aliphatic rings. The Bertz CT molecular complexity index is 610. The van der Waals surface area contributed by atoms with E-state index in [9.17, 15) is 20.1 Å². The van der Waals surface area contributed by atoms with Gasteiger partial charge in [0.05, 0.1) is 12.7 Å². The van der Waals surface area contributed by atoms with Gasteiger partial charge in [0.25, 0.3) is 0 Å². The molecule has 6 nitrogen and oxygen atoms in total. The van der Waals surface area contributed by atoms with Crippen molar-refractivity contribution in [2.24, 2.45) is 0 Å². The first kappa shape index (κ1) is 13.5. The zero-order valence-electron chi connectivity index (χ0n) is 10.5. The number of methoxy groups -OCH3 is 1. The van der Waals surface area contributed by atoms with Gasteiger partial charge in [0, 0.05) is 0 Å². The summed E-state index contributed by atoms with van der Waals surface area (Å²) in [7, 11) is 1.52. The SMILES string of the molecule is COc1ccc(OC(=O)c2cc(O)c(O)c(O)c2)cc1. The Morgan fingerprint density at radius 1 is 0.950 bits per heavy atom. The van der Waals surface area contributed by atoms with Gasteiger partial charge in [-0.25, -0.2) is 4.79 Å². The van der Waals surface area contributed by atoms with Gasteiger partial charge in [-0.15, -0.1) is 0 Å². The number of ether oxygens (including phenoxy) is 2. The fraction of sp³-hybridized carbons (Fsp3) is 0.0714. The Kier molecular flexibility index (Phi) is 3.65. The molecule has 0 saturated carbocycles. The number of aromatic hydroxyl groups is 3. The molecule has 0 amide bonds. The second-order valence-electron chi connectivity index (χ2n) is 3.93. The molecule has 0 heterocycles. The number of esters is 1. The van der Waals surface area contributed by atoms with Crippen molar-refractivity contribution in [2.75, 3.05) is 7.11 Å². The zero-order valence-corrected chi connectivity index (χ0v) is 10.5. The predicted octanol–water partition coefficient (Wildman–Crippen LogP) is 2.03. The monoisotopic (exact) mass is 276 g/mol. The Morgan fingerprint density at radius 2 is 1.45 bits per heavy atom. The highest BCUT2D eigenvalue weighted by molar-refractivity contribution is 5.92. The van der Waals surface area contributed by atoms with Gasteiger partial charge in [0.1, 0.15) is 11.5 Å². The van der Waals surface area contributed by atoms with Gasteiger partial charge in [-0.2, -0.15) is 0 Å². The van der Waals surface area contributed by atoms with Gasteiger partial charge in [-0.05, 0) is 36.4 Å². The quantitative estimate of drug-likeness (QED) is 0.451. The van der Waals surface area contributed by atoms with Gasteiger partial charge in [-0.3, -0.25) is 0 Å². The molecule has 2 aromatic carbocycles. The number of carbonyl (C=O) groups excluding carboxylic acids is 1. The third kappa shape index (κ3) is 2.74. The first-order valence-electron chi connectivity index (χ1n) is 5.62. The number of phenolic OH excluding ortho intramolecular Hbond substituents is 3. The Labute approximate surface area is 114 Å². The lowest BCUT2D eigenvalue weighted by atomic mass is 10.2. The van der Waals surface area contributed by atoms with Crippen molar-refractivity contribution in [1.82, 2.24) is 0 Å². The van der Waals surface area contributed by atoms with E-state index in [0.717, 1.165) is 12.1 Å². The van der Waals surface area contributed by atoms with Crippen molar-refractivity contribution in [3.05, 3.63) is 42.0 Å². The van der Waals surface area contributed by atoms with E-state index in [1.54, 1.807) is 12.1 Å². The van der Waals surface area contributed by atoms with Crippen LogP contribution in [0.15, 0.2) is 36.4 Å². The summed E-state index contributed by atoms with van der Waals surface area (Å²) in [5, 5.41) is 27.9. The Hall–Kier alpha value is -2.89. The minimum absolute atomic E-state index is 0.0892. The predicted molar refractivity (Wildman–Crippen MR) is 69.4 cm³/mol. The van der Waals surface area contributed by atoms with E-state index in [-0.39, 0.29) is 11.3 Å². The maximum absolute atomic E-state index is 11.8. The molecule has 0 atom stereocenters. The average Bonchev–Trinajstić information content (AvgIpc) is 2.45. The molecule has 2 rings (SSSR count). The van der Waals surface area contributed by atoms with Crippen LogP contribution in [0.2, 0.25) is 0 Å². The molecule has 0 spiro atoms. The summed E-state index contributed by atoms with van der Waals surface area (Å²) in [4.78, 5) is 11.8. The molecule has 104 valence electrons. The molecule has 0 fully saturated rings. The molecule has 3 N–H and O–H groups in total. The van der Waals surface area contributed by atoms with E-state index in [1.807, 2.05) is 0 Å². The van der Waals surface area contributed by atoms with Crippen molar-refractivity contribution >= 4 is 5.97 Å². The highest BCUT2D eigenvalue weighted by atomic mass is 16.5. The van der Waals surface area contributed by atoms with Crippen molar-refractivity contribution in [3.8, 4) is 28.7 Å². The second-order valence-corrected chi connectivity index (χ2v) is 3.93. The fourth-order valence-corrected chi connectivity index (χ4v) is 1.53. The van der Waals surface area contributed by atoms with Gasteiger partial charge >= 0.3 is 5.97 Å². The number of rotatable bonds is 3. The maximum atomic E-state index is 11.8. The zero-order chi connectivity index (χ0) is 14.7. The smallest absolute Gasteiger partial charge is 0.343 e. The van der Waals surface area contributed by atoms with Crippen LogP contribution < -0.4 is 9.47 Å². The van der Waals surface area contributed by atoms with Crippen molar-refractivity contribution in [1.29, 1.82) is 0 Å². The maximum Gasteiger partial charge on any atom is 0.343 e. The van der Waals surface area contributed by atoms with Crippen LogP contribution >= 0.6 is 0 Å². The second kappa shape index (κ2) is 5.40. The third-order valence-electron chi connectivity index (χ3n) is 2.58. The molecular weight excluding hydrogens is 264 g/mol. The summed E-state index contributed by atoms with van der Waals surface area (Å²) in [5.41, 5.74) is -0.0892. The van der Waals surface area contributed by atoms with Crippen LogP contribution in [0, 0.1) is 0 Å². The topological polar surface area (TPSA) is 96.2 Å². The lowest BCUT2D eigenvalue weighted by Crippen LogP contribution is -2.08. The molecule has 0 radical (unpaired) electrons. The van der Waals surface area contributed by atoms with Crippen LogP contribution in [0.25, 0.3) is 0 Å². The summed E-state index contributed by atoms with van der Waals surface area (Å²) >= 11 is 0. The van der Waals surface area contributed by atoms with Crippen molar-refractivity contribution < 1.29 is 29.6 Å². The molecule has 0 unspecified atom stereocenters. The average molecular weight is 276 g/mol. The lowest BCUT2D eigenvalue weighted by molar-refractivity contribution is 0.0733. The molecule has 0 aromatic heterocycles. The number of carbonyl (C=O) groups is 1. The van der Waals surface area contributed by atoms with E-state index in [2.05, 4.69) is 0 Å². The van der Waals surface area contributed by atoms with Gasteiger partial charge in [0.2, 0.25) is 0 Å². The third-order valence-corrected chi connectivity index (χ3v) is 2.58. The molecule has 0 aliphatic carbocycles. The summed E-state index contributed by atoms with van der Waals surface area (Å²) in [6.45, 7) is 0. The number of benzene rings is 2. The summed E-state index contributed by atoms with van der Waals surface area (Å²) in [5.74, 6) is -1.78. The van der Waals surface area contributed by atoms with Gasteiger partial charge in [0.15, 0.2) is 17.2 Å². The highest BCUT2D eigenvalue weighted by Crippen LogP contribution is 2.35. The minimum atomic E-state index is -0.777. The van der Waals surface area contributed by atoms with E-state index in [0.29, 0.717) is 5.75 Å². The van der Waals surface area contributed by atoms with Crippen LogP contribution in [0.4, 0.5) is 0 Å². The molecule has 0 aliphatic heterocycles. The highest BCUT2D eigenvalue weighted by Gasteiger charge is 2.15. The van der Waals surface area contributed by atoms with E-state index < -0.39 is 23.2 Å². The molecule has 20 heavy (non-hydrogen) atoms. The number of hydrogen-bond acceptors (Lipinski definition) is 6. The summed E-state index contributed by atoms with van der Waals surface area (Å²) in [6, 6.07) is 8.32. The fourth-order valence-electron chi connectivity index (χ4n) is 1.53. The van der Waals surface area contributed by atoms with Crippen LogP contribution in [-0.2, 0) is 0 Å². The van der Waals surface area contributed by atoms with Crippen LogP contribution in [-0.4, -0.2) is 28.4 Å². The van der Waals surface area contributed by atoms with Gasteiger partial charge in [-0.1, -0.05) is 0 Å². The number of hydrogen-bond donors (Lipinski definition) is 3. The Balaban J connectivity index is 2.19. The van der Waals surface area contributed by atoms with E-state index in [4.69, 9.17) is 9.47 Å². The first-order chi connectivity index (χ1) is 9.51. The molecule has 0 bridgehead atoms.